The average Bonchev–Trinajstić information content (AvgIpc) is 3.26. The third kappa shape index (κ3) is 3.74. The number of rotatable bonds is 5. The molecule has 0 atom stereocenters. The quantitative estimate of drug-likeness (QED) is 0.358. The summed E-state index contributed by atoms with van der Waals surface area (Å²) in [5, 5.41) is 3.28. The summed E-state index contributed by atoms with van der Waals surface area (Å²) in [4.78, 5) is 13.0. The third-order valence-corrected chi connectivity index (χ3v) is 5.46. The monoisotopic (exact) mass is 439 g/mol. The number of pyridine rings is 3. The predicted octanol–water partition coefficient (Wildman–Crippen LogP) is 6.13. The van der Waals surface area contributed by atoms with Crippen LogP contribution in [0.1, 0.15) is 11.3 Å². The highest BCUT2D eigenvalue weighted by Crippen LogP contribution is 2.31. The van der Waals surface area contributed by atoms with Crippen LogP contribution >= 0.6 is 0 Å². The van der Waals surface area contributed by atoms with Crippen molar-refractivity contribution < 1.29 is 8.78 Å². The van der Waals surface area contributed by atoms with E-state index in [9.17, 15) is 8.78 Å². The van der Waals surface area contributed by atoms with Crippen molar-refractivity contribution in [1.82, 2.24) is 19.4 Å². The molecule has 33 heavy (non-hydrogen) atoms. The number of benzene rings is 1. The van der Waals surface area contributed by atoms with Crippen LogP contribution < -0.4 is 5.32 Å². The molecule has 0 bridgehead atoms. The first-order valence-corrected chi connectivity index (χ1v) is 10.3. The number of halogens is 2. The van der Waals surface area contributed by atoms with Crippen LogP contribution in [0.5, 0.6) is 0 Å². The summed E-state index contributed by atoms with van der Waals surface area (Å²) in [6.45, 7) is 6.09. The largest absolute Gasteiger partial charge is 0.355 e. The zero-order valence-electron chi connectivity index (χ0n) is 17.8. The molecule has 1 N–H and O–H groups in total. The van der Waals surface area contributed by atoms with Crippen molar-refractivity contribution in [1.29, 1.82) is 0 Å². The Bertz CT molecular complexity index is 1490. The number of fused-ring (bicyclic) bond motifs is 1. The molecular weight excluding hydrogens is 420 g/mol. The van der Waals surface area contributed by atoms with E-state index < -0.39 is 11.6 Å². The molecule has 0 unspecified atom stereocenters. The van der Waals surface area contributed by atoms with Gasteiger partial charge in [0.25, 0.3) is 0 Å². The Kier molecular flexibility index (Phi) is 5.14. The van der Waals surface area contributed by atoms with E-state index in [1.54, 1.807) is 35.4 Å². The lowest BCUT2D eigenvalue weighted by Gasteiger charge is -2.14. The van der Waals surface area contributed by atoms with Gasteiger partial charge in [-0.3, -0.25) is 14.4 Å². The van der Waals surface area contributed by atoms with Crippen molar-refractivity contribution in [3.63, 3.8) is 0 Å². The summed E-state index contributed by atoms with van der Waals surface area (Å²) >= 11 is 0. The van der Waals surface area contributed by atoms with Gasteiger partial charge in [-0.15, -0.1) is 0 Å². The smallest absolute Gasteiger partial charge is 0.169 e. The van der Waals surface area contributed by atoms with Crippen LogP contribution in [-0.2, 0) is 0 Å². The lowest BCUT2D eigenvalue weighted by molar-refractivity contribution is 0.510. The van der Waals surface area contributed by atoms with E-state index in [4.69, 9.17) is 0 Å². The molecule has 5 nitrogen and oxygen atoms in total. The average molecular weight is 439 g/mol. The van der Waals surface area contributed by atoms with Crippen LogP contribution in [0.2, 0.25) is 0 Å². The Morgan fingerprint density at radius 3 is 2.58 bits per heavy atom. The van der Waals surface area contributed by atoms with Crippen molar-refractivity contribution in [2.24, 2.45) is 0 Å². The van der Waals surface area contributed by atoms with Crippen molar-refractivity contribution >= 4 is 16.9 Å². The highest BCUT2D eigenvalue weighted by atomic mass is 19.2. The minimum atomic E-state index is -0.923. The van der Waals surface area contributed by atoms with E-state index in [1.165, 1.54) is 12.1 Å². The van der Waals surface area contributed by atoms with Crippen LogP contribution in [0, 0.1) is 18.6 Å². The molecule has 0 saturated heterocycles. The molecule has 5 aromatic rings. The fourth-order valence-corrected chi connectivity index (χ4v) is 3.80. The first kappa shape index (κ1) is 20.5. The van der Waals surface area contributed by atoms with Crippen LogP contribution in [0.3, 0.4) is 0 Å². The van der Waals surface area contributed by atoms with E-state index in [1.807, 2.05) is 37.3 Å². The highest BCUT2D eigenvalue weighted by molar-refractivity contribution is 5.85. The van der Waals surface area contributed by atoms with E-state index in [2.05, 4.69) is 26.8 Å². The maximum Gasteiger partial charge on any atom is 0.169 e. The Labute approximate surface area is 189 Å². The number of nitrogens with zero attached hydrogens (tertiary/aromatic N) is 4. The van der Waals surface area contributed by atoms with Crippen LogP contribution in [0.25, 0.3) is 33.7 Å². The summed E-state index contributed by atoms with van der Waals surface area (Å²) < 4.78 is 30.0. The molecule has 0 saturated carbocycles. The lowest BCUT2D eigenvalue weighted by Crippen LogP contribution is -2.01. The highest BCUT2D eigenvalue weighted by Gasteiger charge is 2.17. The molecule has 1 aromatic carbocycles. The van der Waals surface area contributed by atoms with Crippen LogP contribution in [0.4, 0.5) is 14.5 Å². The Morgan fingerprint density at radius 2 is 1.76 bits per heavy atom. The maximum atomic E-state index is 14.4. The number of anilines is 1. The van der Waals surface area contributed by atoms with Gasteiger partial charge < -0.3 is 5.32 Å². The molecule has 0 aliphatic carbocycles. The minimum absolute atomic E-state index is 0.102. The van der Waals surface area contributed by atoms with Gasteiger partial charge in [-0.1, -0.05) is 18.7 Å². The van der Waals surface area contributed by atoms with Gasteiger partial charge in [0.05, 0.1) is 17.3 Å². The maximum absolute atomic E-state index is 14.4. The van der Waals surface area contributed by atoms with Gasteiger partial charge in [-0.2, -0.15) is 0 Å². The van der Waals surface area contributed by atoms with E-state index >= 15 is 0 Å². The molecule has 4 aromatic heterocycles. The second-order valence-electron chi connectivity index (χ2n) is 7.56. The standard InChI is InChI=1S/C26H19F2N5/c1-16-22(17(2)32-19-8-10-29-11-9-19)13-18(14-30-16)20-6-4-12-33-24(20)15-31-26(33)21-5-3-7-23(27)25(21)28/h3-15H,2H2,1H3,(H,29,32). The van der Waals surface area contributed by atoms with Crippen molar-refractivity contribution in [3.8, 4) is 22.5 Å². The van der Waals surface area contributed by atoms with Crippen molar-refractivity contribution in [3.05, 3.63) is 109 Å². The number of imidazole rings is 1. The number of nitrogens with one attached hydrogen (secondary N) is 1. The summed E-state index contributed by atoms with van der Waals surface area (Å²) in [5.41, 5.74) is 5.83. The number of aryl methyl sites for hydroxylation is 1. The van der Waals surface area contributed by atoms with Crippen molar-refractivity contribution in [2.75, 3.05) is 5.32 Å². The SMILES string of the molecule is C=C(Nc1ccncc1)c1cc(-c2cccn3c(-c4cccc(F)c4F)ncc23)cnc1C. The predicted molar refractivity (Wildman–Crippen MR) is 125 cm³/mol. The molecule has 0 aliphatic heterocycles. The first-order valence-electron chi connectivity index (χ1n) is 10.3. The Hall–Kier alpha value is -4.39. The van der Waals surface area contributed by atoms with Gasteiger partial charge in [0.1, 0.15) is 5.82 Å². The van der Waals surface area contributed by atoms with Gasteiger partial charge in [0, 0.05) is 58.6 Å². The fourth-order valence-electron chi connectivity index (χ4n) is 3.80. The second kappa shape index (κ2) is 8.27. The van der Waals surface area contributed by atoms with Crippen LogP contribution in [0.15, 0.2) is 86.1 Å². The molecule has 5 rings (SSSR count). The molecule has 0 aliphatic rings. The number of aromatic nitrogens is 4. The van der Waals surface area contributed by atoms with Gasteiger partial charge in [0.2, 0.25) is 0 Å². The second-order valence-corrected chi connectivity index (χ2v) is 7.56. The topological polar surface area (TPSA) is 55.1 Å². The van der Waals surface area contributed by atoms with E-state index in [0.717, 1.165) is 39.7 Å². The van der Waals surface area contributed by atoms with E-state index in [0.29, 0.717) is 11.5 Å². The fraction of sp³-hybridized carbons (Fsp3) is 0.0385. The molecule has 0 amide bonds. The zero-order valence-corrected chi connectivity index (χ0v) is 17.8. The molecule has 0 spiro atoms. The number of hydrogen-bond acceptors (Lipinski definition) is 4. The molecule has 7 heteroatoms. The lowest BCUT2D eigenvalue weighted by atomic mass is 10.0. The van der Waals surface area contributed by atoms with Gasteiger partial charge >= 0.3 is 0 Å². The number of hydrogen-bond donors (Lipinski definition) is 1. The van der Waals surface area contributed by atoms with Gasteiger partial charge in [0.15, 0.2) is 11.6 Å². The van der Waals surface area contributed by atoms with Gasteiger partial charge in [-0.05, 0) is 43.3 Å². The summed E-state index contributed by atoms with van der Waals surface area (Å²) in [7, 11) is 0. The first-order chi connectivity index (χ1) is 16.0. The van der Waals surface area contributed by atoms with Crippen LogP contribution in [-0.4, -0.2) is 19.4 Å². The minimum Gasteiger partial charge on any atom is -0.355 e. The molecular formula is C26H19F2N5. The third-order valence-electron chi connectivity index (χ3n) is 5.46. The Morgan fingerprint density at radius 1 is 0.970 bits per heavy atom. The molecule has 4 heterocycles. The molecule has 0 radical (unpaired) electrons. The van der Waals surface area contributed by atoms with E-state index in [-0.39, 0.29) is 5.56 Å². The zero-order chi connectivity index (χ0) is 22.9. The molecule has 162 valence electrons. The normalized spacial score (nSPS) is 11.0. The summed E-state index contributed by atoms with van der Waals surface area (Å²) in [6, 6.07) is 13.6. The summed E-state index contributed by atoms with van der Waals surface area (Å²) in [6.07, 6.45) is 8.62. The van der Waals surface area contributed by atoms with Crippen molar-refractivity contribution in [2.45, 2.75) is 6.92 Å². The van der Waals surface area contributed by atoms with Gasteiger partial charge in [-0.25, -0.2) is 13.8 Å². The molecule has 0 fully saturated rings. The Balaban J connectivity index is 1.58. The summed E-state index contributed by atoms with van der Waals surface area (Å²) in [5.74, 6) is -1.51.